The Morgan fingerprint density at radius 3 is 2.48 bits per heavy atom. The van der Waals surface area contributed by atoms with Gasteiger partial charge in [0.2, 0.25) is 0 Å². The minimum absolute atomic E-state index is 0.308. The highest BCUT2D eigenvalue weighted by Gasteiger charge is 2.33. The Balaban J connectivity index is 1.73. The Kier molecular flexibility index (Phi) is 5.48. The van der Waals surface area contributed by atoms with E-state index in [1.165, 1.54) is 5.56 Å². The smallest absolute Gasteiger partial charge is 0.410 e. The van der Waals surface area contributed by atoms with E-state index in [1.807, 2.05) is 55.8 Å². The number of aryl methyl sites for hydroxylation is 1. The van der Waals surface area contributed by atoms with Gasteiger partial charge in [-0.15, -0.1) is 0 Å². The number of amides is 1. The number of para-hydroxylation sites is 1. The number of fused-ring (bicyclic) bond motifs is 1. The Hall–Kier alpha value is -3.28. The fraction of sp³-hybridized carbons (Fsp3) is 0.360. The van der Waals surface area contributed by atoms with Crippen molar-refractivity contribution in [1.29, 1.82) is 0 Å². The first kappa shape index (κ1) is 21.0. The first-order valence-corrected chi connectivity index (χ1v) is 10.5. The van der Waals surface area contributed by atoms with Crippen LogP contribution in [0.3, 0.4) is 0 Å². The van der Waals surface area contributed by atoms with Gasteiger partial charge in [-0.05, 0) is 39.3 Å². The second-order valence-corrected chi connectivity index (χ2v) is 8.89. The number of aromatic nitrogens is 2. The number of ether oxygens (including phenoxy) is 2. The molecule has 4 rings (SSSR count). The Morgan fingerprint density at radius 1 is 1.06 bits per heavy atom. The SMILES string of the molecule is COc1ccccc1Cn1nc2c(c1-c1ccccc1C)CN(C(=O)OC(C)(C)C)C2. The number of nitrogens with zero attached hydrogens (tertiary/aromatic N) is 3. The van der Waals surface area contributed by atoms with Crippen LogP contribution in [0.2, 0.25) is 0 Å². The van der Waals surface area contributed by atoms with E-state index in [9.17, 15) is 4.79 Å². The van der Waals surface area contributed by atoms with E-state index in [-0.39, 0.29) is 6.09 Å². The van der Waals surface area contributed by atoms with E-state index < -0.39 is 5.60 Å². The molecule has 0 aliphatic carbocycles. The summed E-state index contributed by atoms with van der Waals surface area (Å²) in [5, 5.41) is 4.92. The molecule has 31 heavy (non-hydrogen) atoms. The van der Waals surface area contributed by atoms with Gasteiger partial charge in [-0.1, -0.05) is 42.5 Å². The summed E-state index contributed by atoms with van der Waals surface area (Å²) in [6.45, 7) is 9.27. The topological polar surface area (TPSA) is 56.6 Å². The van der Waals surface area contributed by atoms with Crippen LogP contribution < -0.4 is 4.74 Å². The summed E-state index contributed by atoms with van der Waals surface area (Å²) in [7, 11) is 1.68. The lowest BCUT2D eigenvalue weighted by atomic mass is 10.0. The molecule has 0 saturated carbocycles. The number of rotatable bonds is 4. The van der Waals surface area contributed by atoms with Crippen molar-refractivity contribution in [3.05, 3.63) is 70.9 Å². The van der Waals surface area contributed by atoms with E-state index in [4.69, 9.17) is 14.6 Å². The van der Waals surface area contributed by atoms with Crippen LogP contribution in [0.1, 0.15) is 43.2 Å². The van der Waals surface area contributed by atoms with Gasteiger partial charge in [0.25, 0.3) is 0 Å². The summed E-state index contributed by atoms with van der Waals surface area (Å²) < 4.78 is 13.2. The van der Waals surface area contributed by atoms with Crippen LogP contribution in [0, 0.1) is 6.92 Å². The van der Waals surface area contributed by atoms with Gasteiger partial charge in [0.15, 0.2) is 0 Å². The molecular weight excluding hydrogens is 390 g/mol. The number of carbonyl (C=O) groups excluding carboxylic acids is 1. The highest BCUT2D eigenvalue weighted by atomic mass is 16.6. The third kappa shape index (κ3) is 4.29. The van der Waals surface area contributed by atoms with Crippen molar-refractivity contribution in [2.45, 2.75) is 52.9 Å². The molecule has 0 N–H and O–H groups in total. The second-order valence-electron chi connectivity index (χ2n) is 8.89. The van der Waals surface area contributed by atoms with Crippen LogP contribution in [-0.2, 0) is 24.4 Å². The molecule has 6 heteroatoms. The summed E-state index contributed by atoms with van der Waals surface area (Å²) in [5.41, 5.74) is 5.86. The molecule has 1 aromatic heterocycles. The minimum Gasteiger partial charge on any atom is -0.496 e. The largest absolute Gasteiger partial charge is 0.496 e. The van der Waals surface area contributed by atoms with E-state index in [0.29, 0.717) is 19.6 Å². The number of carbonyl (C=O) groups is 1. The van der Waals surface area contributed by atoms with Gasteiger partial charge in [-0.25, -0.2) is 4.79 Å². The fourth-order valence-corrected chi connectivity index (χ4v) is 3.97. The van der Waals surface area contributed by atoms with Crippen LogP contribution in [0.4, 0.5) is 4.79 Å². The standard InChI is InChI=1S/C25H29N3O3/c1-17-10-6-8-12-19(17)23-20-15-27(24(29)31-25(2,3)4)16-21(20)26-28(23)14-18-11-7-9-13-22(18)30-5/h6-13H,14-16H2,1-5H3. The van der Waals surface area contributed by atoms with E-state index >= 15 is 0 Å². The average molecular weight is 420 g/mol. The Bertz CT molecular complexity index is 1110. The molecule has 0 fully saturated rings. The maximum atomic E-state index is 12.7. The maximum absolute atomic E-state index is 12.7. The van der Waals surface area contributed by atoms with Gasteiger partial charge in [0.1, 0.15) is 11.4 Å². The zero-order chi connectivity index (χ0) is 22.2. The third-order valence-electron chi connectivity index (χ3n) is 5.39. The molecule has 3 aromatic rings. The van der Waals surface area contributed by atoms with E-state index in [0.717, 1.165) is 33.8 Å². The van der Waals surface area contributed by atoms with Gasteiger partial charge in [0, 0.05) is 16.7 Å². The molecule has 0 radical (unpaired) electrons. The number of methoxy groups -OCH3 is 1. The molecule has 0 saturated heterocycles. The Morgan fingerprint density at radius 2 is 1.77 bits per heavy atom. The lowest BCUT2D eigenvalue weighted by Crippen LogP contribution is -2.33. The van der Waals surface area contributed by atoms with Gasteiger partial charge in [0.05, 0.1) is 38.1 Å². The highest BCUT2D eigenvalue weighted by molar-refractivity contribution is 5.73. The first-order chi connectivity index (χ1) is 14.8. The van der Waals surface area contributed by atoms with Crippen molar-refractivity contribution >= 4 is 6.09 Å². The van der Waals surface area contributed by atoms with Crippen molar-refractivity contribution < 1.29 is 14.3 Å². The predicted molar refractivity (Wildman–Crippen MR) is 120 cm³/mol. The van der Waals surface area contributed by atoms with Crippen molar-refractivity contribution in [2.75, 3.05) is 7.11 Å². The molecule has 0 bridgehead atoms. The Labute approximate surface area is 183 Å². The molecular formula is C25H29N3O3. The van der Waals surface area contributed by atoms with Crippen LogP contribution in [-0.4, -0.2) is 33.5 Å². The van der Waals surface area contributed by atoms with Crippen molar-refractivity contribution in [3.8, 4) is 17.0 Å². The summed E-state index contributed by atoms with van der Waals surface area (Å²) in [5.74, 6) is 0.837. The molecule has 2 aromatic carbocycles. The van der Waals surface area contributed by atoms with Crippen molar-refractivity contribution in [3.63, 3.8) is 0 Å². The zero-order valence-corrected chi connectivity index (χ0v) is 18.8. The van der Waals surface area contributed by atoms with Crippen LogP contribution in [0.25, 0.3) is 11.3 Å². The maximum Gasteiger partial charge on any atom is 0.410 e. The van der Waals surface area contributed by atoms with E-state index in [1.54, 1.807) is 12.0 Å². The van der Waals surface area contributed by atoms with Gasteiger partial charge >= 0.3 is 6.09 Å². The monoisotopic (exact) mass is 419 g/mol. The van der Waals surface area contributed by atoms with Crippen LogP contribution in [0.15, 0.2) is 48.5 Å². The molecule has 1 amide bonds. The third-order valence-corrected chi connectivity index (χ3v) is 5.39. The predicted octanol–water partition coefficient (Wildman–Crippen LogP) is 5.17. The molecule has 0 atom stereocenters. The molecule has 6 nitrogen and oxygen atoms in total. The number of hydrogen-bond acceptors (Lipinski definition) is 4. The van der Waals surface area contributed by atoms with Crippen molar-refractivity contribution in [2.24, 2.45) is 0 Å². The second kappa shape index (κ2) is 8.10. The van der Waals surface area contributed by atoms with Gasteiger partial charge in [-0.2, -0.15) is 5.10 Å². The molecule has 2 heterocycles. The number of hydrogen-bond donors (Lipinski definition) is 0. The van der Waals surface area contributed by atoms with Gasteiger partial charge in [-0.3, -0.25) is 9.58 Å². The summed E-state index contributed by atoms with van der Waals surface area (Å²) in [6, 6.07) is 16.3. The van der Waals surface area contributed by atoms with Crippen LogP contribution in [0.5, 0.6) is 5.75 Å². The molecule has 0 unspecified atom stereocenters. The molecule has 162 valence electrons. The fourth-order valence-electron chi connectivity index (χ4n) is 3.97. The quantitative estimate of drug-likeness (QED) is 0.586. The van der Waals surface area contributed by atoms with Crippen molar-refractivity contribution in [1.82, 2.24) is 14.7 Å². The lowest BCUT2D eigenvalue weighted by molar-refractivity contribution is 0.0239. The summed E-state index contributed by atoms with van der Waals surface area (Å²) in [6.07, 6.45) is -0.308. The zero-order valence-electron chi connectivity index (χ0n) is 18.8. The normalized spacial score (nSPS) is 13.3. The summed E-state index contributed by atoms with van der Waals surface area (Å²) in [4.78, 5) is 14.4. The minimum atomic E-state index is -0.528. The molecule has 0 spiro atoms. The summed E-state index contributed by atoms with van der Waals surface area (Å²) >= 11 is 0. The van der Waals surface area contributed by atoms with Crippen LogP contribution >= 0.6 is 0 Å². The first-order valence-electron chi connectivity index (χ1n) is 10.5. The molecule has 1 aliphatic heterocycles. The highest BCUT2D eigenvalue weighted by Crippen LogP contribution is 2.36. The molecule has 1 aliphatic rings. The van der Waals surface area contributed by atoms with Gasteiger partial charge < -0.3 is 9.47 Å². The number of benzene rings is 2. The van der Waals surface area contributed by atoms with E-state index in [2.05, 4.69) is 25.1 Å². The lowest BCUT2D eigenvalue weighted by Gasteiger charge is -2.24. The average Bonchev–Trinajstić information content (AvgIpc) is 3.26.